The largest absolute Gasteiger partial charge is 0.396 e. The summed E-state index contributed by atoms with van der Waals surface area (Å²) in [5, 5.41) is 8.63. The van der Waals surface area contributed by atoms with Gasteiger partial charge in [0.1, 0.15) is 5.82 Å². The zero-order valence-electron chi connectivity index (χ0n) is 8.40. The van der Waals surface area contributed by atoms with Crippen molar-refractivity contribution in [1.29, 1.82) is 0 Å². The molecule has 1 N–H and O–H groups in total. The second-order valence-corrected chi connectivity index (χ2v) is 5.41. The maximum Gasteiger partial charge on any atom is 0.178 e. The minimum Gasteiger partial charge on any atom is -0.396 e. The Hall–Kier alpha value is -0.940. The van der Waals surface area contributed by atoms with Crippen molar-refractivity contribution < 1.29 is 17.9 Å². The minimum absolute atomic E-state index is 0.0100. The molecular formula is C10H13FO3S. The van der Waals surface area contributed by atoms with E-state index in [1.165, 1.54) is 19.1 Å². The van der Waals surface area contributed by atoms with Gasteiger partial charge in [-0.15, -0.1) is 0 Å². The fourth-order valence-corrected chi connectivity index (χ4v) is 2.10. The Kier molecular flexibility index (Phi) is 3.82. The molecular weight excluding hydrogens is 219 g/mol. The molecule has 0 saturated heterocycles. The summed E-state index contributed by atoms with van der Waals surface area (Å²) in [6.07, 6.45) is 0.193. The Bertz CT molecular complexity index is 440. The molecule has 0 heterocycles. The summed E-state index contributed by atoms with van der Waals surface area (Å²) >= 11 is 0. The molecule has 0 aliphatic heterocycles. The molecule has 0 aliphatic carbocycles. The number of rotatable bonds is 4. The lowest BCUT2D eigenvalue weighted by atomic mass is 10.1. The van der Waals surface area contributed by atoms with Crippen molar-refractivity contribution in [2.45, 2.75) is 18.2 Å². The number of benzene rings is 1. The lowest BCUT2D eigenvalue weighted by Crippen LogP contribution is -2.05. The predicted molar refractivity (Wildman–Crippen MR) is 54.9 cm³/mol. The second kappa shape index (κ2) is 4.72. The van der Waals surface area contributed by atoms with Crippen LogP contribution in [0.2, 0.25) is 0 Å². The van der Waals surface area contributed by atoms with Crippen LogP contribution in [0.5, 0.6) is 0 Å². The number of hydrogen-bond donors (Lipinski definition) is 1. The molecule has 0 bridgehead atoms. The molecule has 84 valence electrons. The molecule has 0 saturated carbocycles. The Morgan fingerprint density at radius 3 is 2.53 bits per heavy atom. The van der Waals surface area contributed by atoms with Crippen LogP contribution < -0.4 is 0 Å². The molecule has 0 atom stereocenters. The van der Waals surface area contributed by atoms with Crippen LogP contribution in [0.15, 0.2) is 23.1 Å². The molecule has 0 spiro atoms. The molecule has 0 aromatic heterocycles. The van der Waals surface area contributed by atoms with E-state index in [-0.39, 0.29) is 23.7 Å². The van der Waals surface area contributed by atoms with Gasteiger partial charge in [0.25, 0.3) is 0 Å². The topological polar surface area (TPSA) is 54.4 Å². The van der Waals surface area contributed by atoms with Crippen LogP contribution in [0.3, 0.4) is 0 Å². The van der Waals surface area contributed by atoms with Crippen LogP contribution in [0.4, 0.5) is 4.39 Å². The van der Waals surface area contributed by atoms with Gasteiger partial charge in [0, 0.05) is 6.61 Å². The van der Waals surface area contributed by atoms with Crippen LogP contribution in [-0.2, 0) is 16.3 Å². The molecule has 0 aliphatic rings. The van der Waals surface area contributed by atoms with Gasteiger partial charge in [-0.3, -0.25) is 0 Å². The summed E-state index contributed by atoms with van der Waals surface area (Å²) in [5.41, 5.74) is 0.326. The van der Waals surface area contributed by atoms with Crippen LogP contribution in [0.1, 0.15) is 12.5 Å². The van der Waals surface area contributed by atoms with E-state index < -0.39 is 15.7 Å². The van der Waals surface area contributed by atoms with E-state index in [0.717, 1.165) is 6.07 Å². The van der Waals surface area contributed by atoms with Gasteiger partial charge in [0.2, 0.25) is 0 Å². The normalized spacial score (nSPS) is 11.7. The van der Waals surface area contributed by atoms with E-state index >= 15 is 0 Å². The fourth-order valence-electron chi connectivity index (χ4n) is 1.21. The minimum atomic E-state index is -3.35. The van der Waals surface area contributed by atoms with Gasteiger partial charge in [-0.25, -0.2) is 12.8 Å². The zero-order valence-corrected chi connectivity index (χ0v) is 9.22. The number of hydrogen-bond acceptors (Lipinski definition) is 3. The van der Waals surface area contributed by atoms with Gasteiger partial charge in [0.05, 0.1) is 10.6 Å². The molecule has 1 rings (SSSR count). The van der Waals surface area contributed by atoms with E-state index in [9.17, 15) is 12.8 Å². The third kappa shape index (κ3) is 2.76. The monoisotopic (exact) mass is 232 g/mol. The highest BCUT2D eigenvalue weighted by Crippen LogP contribution is 2.16. The third-order valence-electron chi connectivity index (χ3n) is 2.14. The highest BCUT2D eigenvalue weighted by molar-refractivity contribution is 7.91. The maximum absolute atomic E-state index is 13.3. The smallest absolute Gasteiger partial charge is 0.178 e. The SMILES string of the molecule is CCS(=O)(=O)c1ccc(CCO)c(F)c1. The van der Waals surface area contributed by atoms with Crippen molar-refractivity contribution >= 4 is 9.84 Å². The average Bonchev–Trinajstić information content (AvgIpc) is 2.21. The Morgan fingerprint density at radius 1 is 1.40 bits per heavy atom. The highest BCUT2D eigenvalue weighted by atomic mass is 32.2. The van der Waals surface area contributed by atoms with E-state index in [0.29, 0.717) is 5.56 Å². The maximum atomic E-state index is 13.3. The van der Waals surface area contributed by atoms with Crippen molar-refractivity contribution in [3.8, 4) is 0 Å². The first-order chi connectivity index (χ1) is 7.01. The molecule has 5 heteroatoms. The number of halogens is 1. The zero-order chi connectivity index (χ0) is 11.5. The van der Waals surface area contributed by atoms with Gasteiger partial charge in [-0.1, -0.05) is 13.0 Å². The van der Waals surface area contributed by atoms with E-state index in [2.05, 4.69) is 0 Å². The molecule has 0 amide bonds. The van der Waals surface area contributed by atoms with Gasteiger partial charge in [-0.05, 0) is 24.1 Å². The van der Waals surface area contributed by atoms with Crippen molar-refractivity contribution in [2.75, 3.05) is 12.4 Å². The molecule has 15 heavy (non-hydrogen) atoms. The van der Waals surface area contributed by atoms with E-state index in [4.69, 9.17) is 5.11 Å². The Labute approximate surface area is 88.5 Å². The molecule has 1 aromatic carbocycles. The second-order valence-electron chi connectivity index (χ2n) is 3.13. The quantitative estimate of drug-likeness (QED) is 0.847. The van der Waals surface area contributed by atoms with Crippen LogP contribution in [0, 0.1) is 5.82 Å². The van der Waals surface area contributed by atoms with Crippen LogP contribution in [0.25, 0.3) is 0 Å². The predicted octanol–water partition coefficient (Wildman–Crippen LogP) is 1.15. The number of aliphatic hydroxyl groups excluding tert-OH is 1. The average molecular weight is 232 g/mol. The molecule has 0 fully saturated rings. The summed E-state index contributed by atoms with van der Waals surface area (Å²) in [7, 11) is -3.35. The first-order valence-corrected chi connectivity index (χ1v) is 6.28. The summed E-state index contributed by atoms with van der Waals surface area (Å²) in [6.45, 7) is 1.35. The van der Waals surface area contributed by atoms with Crippen molar-refractivity contribution in [1.82, 2.24) is 0 Å². The highest BCUT2D eigenvalue weighted by Gasteiger charge is 2.13. The Morgan fingerprint density at radius 2 is 2.07 bits per heavy atom. The van der Waals surface area contributed by atoms with Crippen molar-refractivity contribution in [2.24, 2.45) is 0 Å². The van der Waals surface area contributed by atoms with Gasteiger partial charge >= 0.3 is 0 Å². The van der Waals surface area contributed by atoms with Gasteiger partial charge in [0.15, 0.2) is 9.84 Å². The fraction of sp³-hybridized carbons (Fsp3) is 0.400. The van der Waals surface area contributed by atoms with E-state index in [1.807, 2.05) is 0 Å². The lowest BCUT2D eigenvalue weighted by Gasteiger charge is -2.04. The first kappa shape index (κ1) is 12.1. The van der Waals surface area contributed by atoms with Crippen LogP contribution >= 0.6 is 0 Å². The molecule has 0 unspecified atom stereocenters. The van der Waals surface area contributed by atoms with Crippen molar-refractivity contribution in [3.05, 3.63) is 29.6 Å². The van der Waals surface area contributed by atoms with Gasteiger partial charge < -0.3 is 5.11 Å². The van der Waals surface area contributed by atoms with Crippen LogP contribution in [-0.4, -0.2) is 25.9 Å². The molecule has 3 nitrogen and oxygen atoms in total. The summed E-state index contributed by atoms with van der Waals surface area (Å²) in [4.78, 5) is -0.0100. The van der Waals surface area contributed by atoms with Gasteiger partial charge in [-0.2, -0.15) is 0 Å². The third-order valence-corrected chi connectivity index (χ3v) is 3.88. The Balaban J connectivity index is 3.12. The molecule has 0 radical (unpaired) electrons. The standard InChI is InChI=1S/C10H13FO3S/c1-2-15(13,14)9-4-3-8(5-6-12)10(11)7-9/h3-4,7,12H,2,5-6H2,1H3. The lowest BCUT2D eigenvalue weighted by molar-refractivity contribution is 0.297. The first-order valence-electron chi connectivity index (χ1n) is 4.63. The van der Waals surface area contributed by atoms with Crippen molar-refractivity contribution in [3.63, 3.8) is 0 Å². The summed E-state index contributed by atoms with van der Waals surface area (Å²) in [5.74, 6) is -0.634. The number of aliphatic hydroxyl groups is 1. The van der Waals surface area contributed by atoms with E-state index in [1.54, 1.807) is 0 Å². The number of sulfone groups is 1. The molecule has 1 aromatic rings. The summed E-state index contributed by atoms with van der Waals surface area (Å²) < 4.78 is 36.1. The summed E-state index contributed by atoms with van der Waals surface area (Å²) in [6, 6.07) is 3.77.